The van der Waals surface area contributed by atoms with Crippen LogP contribution >= 0.6 is 0 Å². The van der Waals surface area contributed by atoms with Crippen molar-refractivity contribution in [2.45, 2.75) is 33.6 Å². The second-order valence-electron chi connectivity index (χ2n) is 3.92. The van der Waals surface area contributed by atoms with E-state index in [-0.39, 0.29) is 5.97 Å². The molecule has 1 saturated carbocycles. The molecule has 2 atom stereocenters. The molecule has 0 aromatic heterocycles. The summed E-state index contributed by atoms with van der Waals surface area (Å²) in [7, 11) is 0. The number of esters is 1. The normalized spacial score (nSPS) is 27.5. The predicted octanol–water partition coefficient (Wildman–Crippen LogP) is 2.54. The van der Waals surface area contributed by atoms with E-state index in [4.69, 9.17) is 4.74 Å². The molecule has 0 radical (unpaired) electrons. The number of carbonyl (C=O) groups excluding carboxylic acids is 1. The lowest BCUT2D eigenvalue weighted by Crippen LogP contribution is -2.00. The smallest absolute Gasteiger partial charge is 0.330 e. The largest absolute Gasteiger partial charge is 0.463 e. The summed E-state index contributed by atoms with van der Waals surface area (Å²) < 4.78 is 4.86. The van der Waals surface area contributed by atoms with Crippen LogP contribution < -0.4 is 0 Å². The minimum absolute atomic E-state index is 0.182. The molecule has 0 aliphatic heterocycles. The van der Waals surface area contributed by atoms with Gasteiger partial charge in [-0.3, -0.25) is 0 Å². The van der Waals surface area contributed by atoms with Gasteiger partial charge in [0.05, 0.1) is 6.61 Å². The van der Waals surface area contributed by atoms with E-state index in [1.807, 2.05) is 6.92 Å². The average Bonchev–Trinajstić information content (AvgIpc) is 2.31. The van der Waals surface area contributed by atoms with Crippen molar-refractivity contribution in [2.75, 3.05) is 6.61 Å². The molecule has 0 heterocycles. The fourth-order valence-corrected chi connectivity index (χ4v) is 1.78. The van der Waals surface area contributed by atoms with Gasteiger partial charge in [0.15, 0.2) is 0 Å². The zero-order chi connectivity index (χ0) is 9.84. The maximum absolute atomic E-state index is 11.1. The minimum atomic E-state index is -0.182. The van der Waals surface area contributed by atoms with E-state index in [0.717, 1.165) is 12.8 Å². The lowest BCUT2D eigenvalue weighted by molar-refractivity contribution is -0.137. The molecule has 2 nitrogen and oxygen atoms in total. The van der Waals surface area contributed by atoms with Gasteiger partial charge in [-0.2, -0.15) is 0 Å². The lowest BCUT2D eigenvalue weighted by Gasteiger charge is -2.04. The highest BCUT2D eigenvalue weighted by molar-refractivity contribution is 5.82. The fraction of sp³-hybridized carbons (Fsp3) is 0.727. The maximum Gasteiger partial charge on any atom is 0.330 e. The number of carbonyl (C=O) groups is 1. The molecular weight excluding hydrogens is 164 g/mol. The number of hydrogen-bond donors (Lipinski definition) is 0. The second-order valence-corrected chi connectivity index (χ2v) is 3.92. The Morgan fingerprint density at radius 1 is 1.46 bits per heavy atom. The highest BCUT2D eigenvalue weighted by Gasteiger charge is 2.23. The van der Waals surface area contributed by atoms with Crippen LogP contribution in [0.3, 0.4) is 0 Å². The van der Waals surface area contributed by atoms with Crippen LogP contribution in [0.4, 0.5) is 0 Å². The molecule has 0 bridgehead atoms. The van der Waals surface area contributed by atoms with Crippen molar-refractivity contribution in [1.82, 2.24) is 0 Å². The van der Waals surface area contributed by atoms with E-state index in [1.165, 1.54) is 5.57 Å². The Balaban J connectivity index is 2.49. The van der Waals surface area contributed by atoms with Gasteiger partial charge in [0.2, 0.25) is 0 Å². The first kappa shape index (κ1) is 10.3. The van der Waals surface area contributed by atoms with Crippen molar-refractivity contribution >= 4 is 5.97 Å². The summed E-state index contributed by atoms with van der Waals surface area (Å²) >= 11 is 0. The average molecular weight is 182 g/mol. The van der Waals surface area contributed by atoms with Gasteiger partial charge in [0, 0.05) is 6.08 Å². The number of ether oxygens (including phenoxy) is 1. The number of rotatable bonds is 2. The van der Waals surface area contributed by atoms with Gasteiger partial charge in [0.1, 0.15) is 0 Å². The second kappa shape index (κ2) is 4.45. The SMILES string of the molecule is CCOC(=O)C=C1C[C@H](C)[C@@H](C)C1. The topological polar surface area (TPSA) is 26.3 Å². The first-order valence-electron chi connectivity index (χ1n) is 4.99. The summed E-state index contributed by atoms with van der Waals surface area (Å²) in [6, 6.07) is 0. The maximum atomic E-state index is 11.1. The van der Waals surface area contributed by atoms with Crippen LogP contribution in [0.5, 0.6) is 0 Å². The standard InChI is InChI=1S/C11H18O2/c1-4-13-11(12)7-10-5-8(2)9(3)6-10/h7-9H,4-6H2,1-3H3/t8-,9-/m0/s1. The molecule has 0 aromatic carbocycles. The van der Waals surface area contributed by atoms with Gasteiger partial charge in [-0.15, -0.1) is 0 Å². The van der Waals surface area contributed by atoms with Crippen LogP contribution in [0.2, 0.25) is 0 Å². The quantitative estimate of drug-likeness (QED) is 0.484. The Kier molecular flexibility index (Phi) is 3.52. The van der Waals surface area contributed by atoms with Gasteiger partial charge in [-0.25, -0.2) is 4.79 Å². The van der Waals surface area contributed by atoms with E-state index in [0.29, 0.717) is 18.4 Å². The van der Waals surface area contributed by atoms with Crippen molar-refractivity contribution in [1.29, 1.82) is 0 Å². The highest BCUT2D eigenvalue weighted by Crippen LogP contribution is 2.34. The molecule has 0 saturated heterocycles. The molecule has 74 valence electrons. The van der Waals surface area contributed by atoms with Gasteiger partial charge < -0.3 is 4.74 Å². The van der Waals surface area contributed by atoms with Gasteiger partial charge in [-0.05, 0) is 31.6 Å². The van der Waals surface area contributed by atoms with Gasteiger partial charge in [-0.1, -0.05) is 19.4 Å². The molecule has 2 heteroatoms. The molecule has 1 rings (SSSR count). The Hall–Kier alpha value is -0.790. The molecule has 0 unspecified atom stereocenters. The molecule has 13 heavy (non-hydrogen) atoms. The number of allylic oxidation sites excluding steroid dienone is 1. The van der Waals surface area contributed by atoms with Crippen LogP contribution in [0.25, 0.3) is 0 Å². The first-order chi connectivity index (χ1) is 6.13. The van der Waals surface area contributed by atoms with Crippen LogP contribution in [-0.4, -0.2) is 12.6 Å². The Morgan fingerprint density at radius 3 is 2.46 bits per heavy atom. The molecule has 1 aliphatic carbocycles. The first-order valence-corrected chi connectivity index (χ1v) is 4.99. The summed E-state index contributed by atoms with van der Waals surface area (Å²) in [5.74, 6) is 1.24. The minimum Gasteiger partial charge on any atom is -0.463 e. The van der Waals surface area contributed by atoms with Crippen molar-refractivity contribution in [3.8, 4) is 0 Å². The molecule has 0 N–H and O–H groups in total. The molecular formula is C11H18O2. The summed E-state index contributed by atoms with van der Waals surface area (Å²) in [6.45, 7) is 6.76. The zero-order valence-corrected chi connectivity index (χ0v) is 8.67. The molecule has 0 amide bonds. The fourth-order valence-electron chi connectivity index (χ4n) is 1.78. The Labute approximate surface area is 80.0 Å². The zero-order valence-electron chi connectivity index (χ0n) is 8.67. The van der Waals surface area contributed by atoms with Crippen LogP contribution in [-0.2, 0) is 9.53 Å². The Bertz CT molecular complexity index is 206. The molecule has 1 fully saturated rings. The molecule has 1 aliphatic rings. The van der Waals surface area contributed by atoms with Gasteiger partial charge >= 0.3 is 5.97 Å². The predicted molar refractivity (Wildman–Crippen MR) is 52.3 cm³/mol. The van der Waals surface area contributed by atoms with E-state index in [2.05, 4.69) is 13.8 Å². The summed E-state index contributed by atoms with van der Waals surface area (Å²) in [5, 5.41) is 0. The summed E-state index contributed by atoms with van der Waals surface area (Å²) in [4.78, 5) is 11.1. The van der Waals surface area contributed by atoms with Crippen LogP contribution in [0.15, 0.2) is 11.6 Å². The van der Waals surface area contributed by atoms with Crippen LogP contribution in [0, 0.1) is 11.8 Å². The van der Waals surface area contributed by atoms with Crippen LogP contribution in [0.1, 0.15) is 33.6 Å². The van der Waals surface area contributed by atoms with Crippen molar-refractivity contribution in [3.05, 3.63) is 11.6 Å². The lowest BCUT2D eigenvalue weighted by atomic mass is 10.0. The molecule has 0 spiro atoms. The number of hydrogen-bond acceptors (Lipinski definition) is 2. The Morgan fingerprint density at radius 2 is 2.00 bits per heavy atom. The van der Waals surface area contributed by atoms with E-state index in [9.17, 15) is 4.79 Å². The van der Waals surface area contributed by atoms with Crippen molar-refractivity contribution in [3.63, 3.8) is 0 Å². The summed E-state index contributed by atoms with van der Waals surface area (Å²) in [6.07, 6.45) is 3.78. The molecule has 0 aromatic rings. The monoisotopic (exact) mass is 182 g/mol. The highest BCUT2D eigenvalue weighted by atomic mass is 16.5. The third-order valence-electron chi connectivity index (χ3n) is 2.75. The van der Waals surface area contributed by atoms with E-state index < -0.39 is 0 Å². The third-order valence-corrected chi connectivity index (χ3v) is 2.75. The van der Waals surface area contributed by atoms with Gasteiger partial charge in [0.25, 0.3) is 0 Å². The summed E-state index contributed by atoms with van der Waals surface area (Å²) in [5.41, 5.74) is 1.25. The van der Waals surface area contributed by atoms with Crippen molar-refractivity contribution in [2.24, 2.45) is 11.8 Å². The van der Waals surface area contributed by atoms with E-state index in [1.54, 1.807) is 6.08 Å². The third kappa shape index (κ3) is 2.87. The van der Waals surface area contributed by atoms with Crippen molar-refractivity contribution < 1.29 is 9.53 Å². The van der Waals surface area contributed by atoms with E-state index >= 15 is 0 Å².